The summed E-state index contributed by atoms with van der Waals surface area (Å²) in [6, 6.07) is 1.79. The Kier molecular flexibility index (Phi) is 8.28. The molecule has 0 spiro atoms. The van der Waals surface area contributed by atoms with Crippen LogP contribution in [0, 0.1) is 0 Å². The normalized spacial score (nSPS) is 10.8. The Hall–Kier alpha value is 0.210. The van der Waals surface area contributed by atoms with Crippen LogP contribution in [-0.2, 0) is 14.2 Å². The number of ketones is 1. The van der Waals surface area contributed by atoms with E-state index in [1.54, 1.807) is 13.2 Å². The van der Waals surface area contributed by atoms with E-state index in [9.17, 15) is 4.79 Å². The quantitative estimate of drug-likeness (QED) is 0.471. The smallest absolute Gasteiger partial charge is 0.190 e. The average Bonchev–Trinajstić information content (AvgIpc) is 2.67. The molecule has 0 aromatic carbocycles. The predicted molar refractivity (Wildman–Crippen MR) is 77.6 cm³/mol. The zero-order chi connectivity index (χ0) is 13.4. The third-order valence-electron chi connectivity index (χ3n) is 1.99. The Balaban J connectivity index is 2.16. The lowest BCUT2D eigenvalue weighted by atomic mass is 10.2. The van der Waals surface area contributed by atoms with Crippen molar-refractivity contribution in [1.82, 2.24) is 0 Å². The molecule has 0 N–H and O–H groups in total. The molecule has 0 aliphatic carbocycles. The van der Waals surface area contributed by atoms with Crippen molar-refractivity contribution in [3.8, 4) is 0 Å². The molecular weight excluding hydrogens is 388 g/mol. The van der Waals surface area contributed by atoms with Gasteiger partial charge in [-0.25, -0.2) is 0 Å². The number of hydrogen-bond donors (Lipinski definition) is 0. The number of thiophene rings is 1. The van der Waals surface area contributed by atoms with Crippen LogP contribution in [0.5, 0.6) is 0 Å². The number of carbonyl (C=O) groups is 1. The highest BCUT2D eigenvalue weighted by atomic mass is 79.9. The summed E-state index contributed by atoms with van der Waals surface area (Å²) in [5.74, 6) is -0.0410. The van der Waals surface area contributed by atoms with E-state index in [1.807, 2.05) is 0 Å². The second-order valence-corrected chi connectivity index (χ2v) is 7.07. The number of carbonyl (C=O) groups excluding carboxylic acids is 1. The summed E-state index contributed by atoms with van der Waals surface area (Å²) in [5.41, 5.74) is 0.646. The molecule has 0 aliphatic rings. The van der Waals surface area contributed by atoms with Gasteiger partial charge >= 0.3 is 0 Å². The molecule has 1 aromatic rings. The van der Waals surface area contributed by atoms with Crippen molar-refractivity contribution < 1.29 is 19.0 Å². The van der Waals surface area contributed by atoms with Gasteiger partial charge in [0, 0.05) is 12.7 Å². The first-order valence-corrected chi connectivity index (χ1v) is 7.68. The highest BCUT2D eigenvalue weighted by Gasteiger charge is 2.13. The van der Waals surface area contributed by atoms with Gasteiger partial charge in [0.25, 0.3) is 0 Å². The Labute approximate surface area is 127 Å². The minimum atomic E-state index is -0.0410. The second kappa shape index (κ2) is 9.17. The van der Waals surface area contributed by atoms with Crippen LogP contribution in [0.1, 0.15) is 10.4 Å². The molecule has 0 saturated heterocycles. The molecule has 4 nitrogen and oxygen atoms in total. The standard InChI is InChI=1S/C11H14Br2O4S/c1-15-2-3-16-4-5-17-7-9(14)8-6-10(12)18-11(8)13/h6H,2-5,7H2,1H3. The fourth-order valence-electron chi connectivity index (χ4n) is 1.14. The van der Waals surface area contributed by atoms with Crippen LogP contribution in [0.2, 0.25) is 0 Å². The van der Waals surface area contributed by atoms with Crippen molar-refractivity contribution in [2.45, 2.75) is 0 Å². The van der Waals surface area contributed by atoms with Gasteiger partial charge in [-0.3, -0.25) is 4.79 Å². The Morgan fingerprint density at radius 2 is 1.89 bits per heavy atom. The van der Waals surface area contributed by atoms with Crippen LogP contribution in [-0.4, -0.2) is 45.9 Å². The molecule has 0 unspecified atom stereocenters. The van der Waals surface area contributed by atoms with Gasteiger partial charge in [-0.05, 0) is 37.9 Å². The summed E-state index contributed by atoms with van der Waals surface area (Å²) < 4.78 is 17.0. The van der Waals surface area contributed by atoms with Crippen LogP contribution in [0.3, 0.4) is 0 Å². The zero-order valence-corrected chi connectivity index (χ0v) is 13.9. The van der Waals surface area contributed by atoms with Crippen molar-refractivity contribution in [2.75, 3.05) is 40.1 Å². The first-order valence-electron chi connectivity index (χ1n) is 5.27. The highest BCUT2D eigenvalue weighted by Crippen LogP contribution is 2.32. The second-order valence-electron chi connectivity index (χ2n) is 3.32. The lowest BCUT2D eigenvalue weighted by Gasteiger charge is -2.04. The number of rotatable bonds is 9. The SMILES string of the molecule is COCCOCCOCC(=O)c1cc(Br)sc1Br. The van der Waals surface area contributed by atoms with Gasteiger partial charge in [0.05, 0.1) is 34.0 Å². The van der Waals surface area contributed by atoms with Gasteiger partial charge in [-0.15, -0.1) is 11.3 Å². The Morgan fingerprint density at radius 1 is 1.22 bits per heavy atom. The lowest BCUT2D eigenvalue weighted by Crippen LogP contribution is -2.13. The van der Waals surface area contributed by atoms with E-state index in [0.29, 0.717) is 32.0 Å². The number of ether oxygens (including phenoxy) is 3. The topological polar surface area (TPSA) is 44.8 Å². The number of methoxy groups -OCH3 is 1. The van der Waals surface area contributed by atoms with Crippen LogP contribution in [0.15, 0.2) is 13.6 Å². The maximum Gasteiger partial charge on any atom is 0.190 e. The number of hydrogen-bond acceptors (Lipinski definition) is 5. The monoisotopic (exact) mass is 400 g/mol. The van der Waals surface area contributed by atoms with E-state index in [2.05, 4.69) is 31.9 Å². The van der Waals surface area contributed by atoms with Crippen molar-refractivity contribution >= 4 is 49.0 Å². The van der Waals surface area contributed by atoms with Gasteiger partial charge in [-0.2, -0.15) is 0 Å². The summed E-state index contributed by atoms with van der Waals surface area (Å²) >= 11 is 8.14. The van der Waals surface area contributed by atoms with E-state index in [0.717, 1.165) is 7.57 Å². The molecule has 0 radical (unpaired) electrons. The average molecular weight is 402 g/mol. The molecule has 102 valence electrons. The zero-order valence-electron chi connectivity index (χ0n) is 9.91. The third kappa shape index (κ3) is 5.90. The van der Waals surface area contributed by atoms with Crippen LogP contribution in [0.25, 0.3) is 0 Å². The minimum absolute atomic E-state index is 0.0410. The maximum atomic E-state index is 11.8. The summed E-state index contributed by atoms with van der Waals surface area (Å²) in [5, 5.41) is 0. The van der Waals surface area contributed by atoms with Gasteiger partial charge in [0.15, 0.2) is 5.78 Å². The summed E-state index contributed by atoms with van der Waals surface area (Å²) in [7, 11) is 1.62. The van der Waals surface area contributed by atoms with Gasteiger partial charge in [-0.1, -0.05) is 0 Å². The fraction of sp³-hybridized carbons (Fsp3) is 0.545. The van der Waals surface area contributed by atoms with E-state index in [4.69, 9.17) is 14.2 Å². The summed E-state index contributed by atoms with van der Waals surface area (Å²) in [6.07, 6.45) is 0. The van der Waals surface area contributed by atoms with Crippen molar-refractivity contribution in [3.63, 3.8) is 0 Å². The van der Waals surface area contributed by atoms with Crippen molar-refractivity contribution in [1.29, 1.82) is 0 Å². The molecule has 1 aromatic heterocycles. The molecule has 7 heteroatoms. The molecule has 0 bridgehead atoms. The molecule has 0 amide bonds. The molecule has 0 saturated carbocycles. The van der Waals surface area contributed by atoms with E-state index in [1.165, 1.54) is 11.3 Å². The third-order valence-corrected chi connectivity index (χ3v) is 4.33. The van der Waals surface area contributed by atoms with Gasteiger partial charge in [0.1, 0.15) is 6.61 Å². The van der Waals surface area contributed by atoms with Crippen LogP contribution >= 0.6 is 43.2 Å². The minimum Gasteiger partial charge on any atom is -0.382 e. The molecule has 0 fully saturated rings. The largest absolute Gasteiger partial charge is 0.382 e. The Morgan fingerprint density at radius 3 is 2.50 bits per heavy atom. The molecule has 0 aliphatic heterocycles. The predicted octanol–water partition coefficient (Wildman–Crippen LogP) is 3.14. The molecular formula is C11H14Br2O4S. The maximum absolute atomic E-state index is 11.8. The molecule has 18 heavy (non-hydrogen) atoms. The van der Waals surface area contributed by atoms with Crippen LogP contribution in [0.4, 0.5) is 0 Å². The summed E-state index contributed by atoms with van der Waals surface area (Å²) in [6.45, 7) is 2.03. The van der Waals surface area contributed by atoms with Crippen LogP contribution < -0.4 is 0 Å². The van der Waals surface area contributed by atoms with Gasteiger partial charge in [0.2, 0.25) is 0 Å². The van der Waals surface area contributed by atoms with Crippen molar-refractivity contribution in [2.24, 2.45) is 0 Å². The number of halogens is 2. The molecule has 1 heterocycles. The first kappa shape index (κ1) is 16.3. The van der Waals surface area contributed by atoms with Crippen molar-refractivity contribution in [3.05, 3.63) is 19.2 Å². The lowest BCUT2D eigenvalue weighted by molar-refractivity contribution is 0.0253. The number of Topliss-reactive ketones (excluding diaryl/α,β-unsaturated/α-hetero) is 1. The Bertz CT molecular complexity index is 381. The molecule has 1 rings (SSSR count). The highest BCUT2D eigenvalue weighted by molar-refractivity contribution is 9.12. The van der Waals surface area contributed by atoms with E-state index < -0.39 is 0 Å². The molecule has 0 atom stereocenters. The first-order chi connectivity index (χ1) is 8.65. The van der Waals surface area contributed by atoms with E-state index >= 15 is 0 Å². The summed E-state index contributed by atoms with van der Waals surface area (Å²) in [4.78, 5) is 11.8. The van der Waals surface area contributed by atoms with E-state index in [-0.39, 0.29) is 12.4 Å². The van der Waals surface area contributed by atoms with Gasteiger partial charge < -0.3 is 14.2 Å². The fourth-order valence-corrected chi connectivity index (χ4v) is 3.99.